The van der Waals surface area contributed by atoms with Crippen molar-refractivity contribution in [3.63, 3.8) is 0 Å². The normalized spacial score (nSPS) is 15.2. The predicted octanol–water partition coefficient (Wildman–Crippen LogP) is 4.09. The molecule has 8 heteroatoms. The quantitative estimate of drug-likeness (QED) is 0.606. The Morgan fingerprint density at radius 3 is 2.56 bits per heavy atom. The van der Waals surface area contributed by atoms with E-state index in [9.17, 15) is 4.79 Å². The number of aryl methyl sites for hydroxylation is 2. The summed E-state index contributed by atoms with van der Waals surface area (Å²) in [6.45, 7) is 6.90. The number of thiazole rings is 2. The summed E-state index contributed by atoms with van der Waals surface area (Å²) < 4.78 is 2.25. The van der Waals surface area contributed by atoms with E-state index < -0.39 is 0 Å². The highest BCUT2D eigenvalue weighted by Crippen LogP contribution is 2.31. The molecule has 1 aromatic carbocycles. The largest absolute Gasteiger partial charge is 0.345 e. The molecule has 3 heterocycles. The maximum atomic E-state index is 12.7. The molecule has 0 radical (unpaired) electrons. The standard InChI is InChI=1S/C17H17BrN4OS2/c1-10-15(24-11(2)19-10)16(23)21-5-7-22(8-6-21)17-20-13-4-3-12(18)9-14(13)25-17/h3-4,9H,5-8H2,1-2H3. The van der Waals surface area contributed by atoms with E-state index in [1.807, 2.05) is 30.9 Å². The number of carbonyl (C=O) groups is 1. The number of nitrogens with zero attached hydrogens (tertiary/aromatic N) is 4. The summed E-state index contributed by atoms with van der Waals surface area (Å²) in [6.07, 6.45) is 0. The third-order valence-electron chi connectivity index (χ3n) is 4.27. The SMILES string of the molecule is Cc1nc(C)c(C(=O)N2CCN(c3nc4ccc(Br)cc4s3)CC2)s1. The van der Waals surface area contributed by atoms with E-state index in [-0.39, 0.29) is 5.91 Å². The third-order valence-corrected chi connectivity index (χ3v) is 6.91. The fourth-order valence-electron chi connectivity index (χ4n) is 3.00. The van der Waals surface area contributed by atoms with Crippen LogP contribution < -0.4 is 4.90 Å². The van der Waals surface area contributed by atoms with E-state index in [1.54, 1.807) is 11.3 Å². The van der Waals surface area contributed by atoms with Crippen molar-refractivity contribution >= 4 is 59.9 Å². The first-order chi connectivity index (χ1) is 12.0. The molecular formula is C17H17BrN4OS2. The molecule has 0 spiro atoms. The molecule has 1 fully saturated rings. The first-order valence-corrected chi connectivity index (χ1v) is 10.5. The third kappa shape index (κ3) is 3.30. The number of halogens is 1. The molecule has 1 aliphatic rings. The van der Waals surface area contributed by atoms with Crippen molar-refractivity contribution in [1.29, 1.82) is 0 Å². The van der Waals surface area contributed by atoms with Crippen molar-refractivity contribution in [3.8, 4) is 0 Å². The Morgan fingerprint density at radius 2 is 1.88 bits per heavy atom. The Morgan fingerprint density at radius 1 is 1.12 bits per heavy atom. The highest BCUT2D eigenvalue weighted by Gasteiger charge is 2.26. The second kappa shape index (κ2) is 6.66. The molecular weight excluding hydrogens is 420 g/mol. The number of carbonyl (C=O) groups excluding carboxylic acids is 1. The van der Waals surface area contributed by atoms with Crippen LogP contribution in [0.4, 0.5) is 5.13 Å². The van der Waals surface area contributed by atoms with Crippen molar-refractivity contribution in [2.45, 2.75) is 13.8 Å². The average molecular weight is 437 g/mol. The van der Waals surface area contributed by atoms with Gasteiger partial charge in [-0.15, -0.1) is 11.3 Å². The monoisotopic (exact) mass is 436 g/mol. The van der Waals surface area contributed by atoms with Crippen LogP contribution in [0.15, 0.2) is 22.7 Å². The minimum Gasteiger partial charge on any atom is -0.345 e. The molecule has 5 nitrogen and oxygen atoms in total. The minimum absolute atomic E-state index is 0.107. The molecule has 0 atom stereocenters. The Bertz CT molecular complexity index is 943. The maximum absolute atomic E-state index is 12.7. The van der Waals surface area contributed by atoms with Crippen molar-refractivity contribution in [2.24, 2.45) is 0 Å². The van der Waals surface area contributed by atoms with Crippen molar-refractivity contribution in [2.75, 3.05) is 31.1 Å². The Balaban J connectivity index is 1.47. The summed E-state index contributed by atoms with van der Waals surface area (Å²) in [4.78, 5) is 26.8. The fraction of sp³-hybridized carbons (Fsp3) is 0.353. The molecule has 1 saturated heterocycles. The fourth-order valence-corrected chi connectivity index (χ4v) is 5.45. The van der Waals surface area contributed by atoms with Gasteiger partial charge in [0.2, 0.25) is 0 Å². The second-order valence-electron chi connectivity index (χ2n) is 6.04. The maximum Gasteiger partial charge on any atom is 0.265 e. The van der Waals surface area contributed by atoms with Crippen LogP contribution in [0.2, 0.25) is 0 Å². The van der Waals surface area contributed by atoms with Gasteiger partial charge in [-0.05, 0) is 32.0 Å². The molecule has 2 aromatic heterocycles. The number of rotatable bonds is 2. The molecule has 130 valence electrons. The molecule has 0 saturated carbocycles. The first-order valence-electron chi connectivity index (χ1n) is 8.05. The Hall–Kier alpha value is -1.51. The highest BCUT2D eigenvalue weighted by molar-refractivity contribution is 9.10. The number of benzene rings is 1. The molecule has 0 aliphatic carbocycles. The number of piperazine rings is 1. The molecule has 25 heavy (non-hydrogen) atoms. The van der Waals surface area contributed by atoms with Gasteiger partial charge < -0.3 is 9.80 Å². The Kier molecular flexibility index (Phi) is 4.51. The molecule has 1 amide bonds. The van der Waals surface area contributed by atoms with Gasteiger partial charge in [0.25, 0.3) is 5.91 Å². The van der Waals surface area contributed by atoms with Gasteiger partial charge in [-0.2, -0.15) is 0 Å². The summed E-state index contributed by atoms with van der Waals surface area (Å²) in [7, 11) is 0. The molecule has 3 aromatic rings. The lowest BCUT2D eigenvalue weighted by atomic mass is 10.3. The van der Waals surface area contributed by atoms with Gasteiger partial charge >= 0.3 is 0 Å². The van der Waals surface area contributed by atoms with E-state index in [1.165, 1.54) is 16.0 Å². The first kappa shape index (κ1) is 16.9. The summed E-state index contributed by atoms with van der Waals surface area (Å²) in [6, 6.07) is 6.15. The van der Waals surface area contributed by atoms with Crippen LogP contribution in [0, 0.1) is 13.8 Å². The van der Waals surface area contributed by atoms with Crippen molar-refractivity contribution < 1.29 is 4.79 Å². The van der Waals surface area contributed by atoms with Gasteiger partial charge in [-0.3, -0.25) is 4.79 Å². The highest BCUT2D eigenvalue weighted by atomic mass is 79.9. The van der Waals surface area contributed by atoms with Gasteiger partial charge in [0, 0.05) is 30.7 Å². The summed E-state index contributed by atoms with van der Waals surface area (Å²) >= 11 is 6.70. The molecule has 0 bridgehead atoms. The molecule has 1 aliphatic heterocycles. The van der Waals surface area contributed by atoms with Gasteiger partial charge in [-0.1, -0.05) is 27.3 Å². The zero-order valence-corrected chi connectivity index (χ0v) is 17.2. The molecule has 0 unspecified atom stereocenters. The van der Waals surface area contributed by atoms with E-state index >= 15 is 0 Å². The topological polar surface area (TPSA) is 49.3 Å². The van der Waals surface area contributed by atoms with E-state index in [2.05, 4.69) is 31.9 Å². The number of hydrogen-bond acceptors (Lipinski definition) is 6. The predicted molar refractivity (Wildman–Crippen MR) is 107 cm³/mol. The Labute approximate surface area is 162 Å². The average Bonchev–Trinajstić information content (AvgIpc) is 3.16. The van der Waals surface area contributed by atoms with Gasteiger partial charge in [0.05, 0.1) is 20.9 Å². The smallest absolute Gasteiger partial charge is 0.265 e. The summed E-state index contributed by atoms with van der Waals surface area (Å²) in [5.74, 6) is 0.107. The molecule has 4 rings (SSSR count). The van der Waals surface area contributed by atoms with Crippen molar-refractivity contribution in [3.05, 3.63) is 38.3 Å². The van der Waals surface area contributed by atoms with Gasteiger partial charge in [0.15, 0.2) is 5.13 Å². The van der Waals surface area contributed by atoms with E-state index in [0.717, 1.165) is 56.9 Å². The van der Waals surface area contributed by atoms with Crippen LogP contribution in [0.25, 0.3) is 10.2 Å². The number of hydrogen-bond donors (Lipinski definition) is 0. The lowest BCUT2D eigenvalue weighted by molar-refractivity contribution is 0.0750. The van der Waals surface area contributed by atoms with E-state index in [4.69, 9.17) is 4.98 Å². The minimum atomic E-state index is 0.107. The van der Waals surface area contributed by atoms with Crippen LogP contribution >= 0.6 is 38.6 Å². The summed E-state index contributed by atoms with van der Waals surface area (Å²) in [5, 5.41) is 1.98. The van der Waals surface area contributed by atoms with Crippen LogP contribution in [-0.2, 0) is 0 Å². The zero-order chi connectivity index (χ0) is 17.6. The van der Waals surface area contributed by atoms with Gasteiger partial charge in [0.1, 0.15) is 4.88 Å². The van der Waals surface area contributed by atoms with Gasteiger partial charge in [-0.25, -0.2) is 9.97 Å². The van der Waals surface area contributed by atoms with Crippen molar-refractivity contribution in [1.82, 2.24) is 14.9 Å². The number of amides is 1. The number of fused-ring (bicyclic) bond motifs is 1. The van der Waals surface area contributed by atoms with Crippen LogP contribution in [0.5, 0.6) is 0 Å². The lowest BCUT2D eigenvalue weighted by Crippen LogP contribution is -2.48. The van der Waals surface area contributed by atoms with Crippen LogP contribution in [0.1, 0.15) is 20.4 Å². The van der Waals surface area contributed by atoms with Crippen LogP contribution in [-0.4, -0.2) is 47.0 Å². The van der Waals surface area contributed by atoms with Crippen LogP contribution in [0.3, 0.4) is 0 Å². The number of anilines is 1. The molecule has 0 N–H and O–H groups in total. The van der Waals surface area contributed by atoms with E-state index in [0.29, 0.717) is 0 Å². The zero-order valence-electron chi connectivity index (χ0n) is 14.0. The number of aromatic nitrogens is 2. The second-order valence-corrected chi connectivity index (χ2v) is 9.16. The lowest BCUT2D eigenvalue weighted by Gasteiger charge is -2.34. The summed E-state index contributed by atoms with van der Waals surface area (Å²) in [5.41, 5.74) is 1.86.